The summed E-state index contributed by atoms with van der Waals surface area (Å²) in [4.78, 5) is 11.4. The highest BCUT2D eigenvalue weighted by molar-refractivity contribution is 6.33. The molecule has 0 amide bonds. The Bertz CT molecular complexity index is 888. The lowest BCUT2D eigenvalue weighted by Gasteiger charge is -2.39. The van der Waals surface area contributed by atoms with Crippen molar-refractivity contribution in [3.63, 3.8) is 0 Å². The van der Waals surface area contributed by atoms with Crippen LogP contribution in [0.2, 0.25) is 5.02 Å². The molecule has 2 aromatic rings. The maximum absolute atomic E-state index is 9.89. The zero-order valence-electron chi connectivity index (χ0n) is 15.6. The molecule has 4 N–H and O–H groups in total. The van der Waals surface area contributed by atoms with Gasteiger partial charge in [0.1, 0.15) is 5.69 Å². The summed E-state index contributed by atoms with van der Waals surface area (Å²) < 4.78 is 5.60. The van der Waals surface area contributed by atoms with E-state index in [1.165, 1.54) is 0 Å². The second-order valence-electron chi connectivity index (χ2n) is 7.58. The number of halogens is 1. The van der Waals surface area contributed by atoms with Crippen LogP contribution in [0, 0.1) is 10.8 Å². The Morgan fingerprint density at radius 2 is 2.11 bits per heavy atom. The summed E-state index contributed by atoms with van der Waals surface area (Å²) in [5, 5.41) is 17.7. The van der Waals surface area contributed by atoms with Crippen molar-refractivity contribution in [2.75, 3.05) is 36.9 Å². The number of aliphatic hydroxyl groups is 1. The van der Waals surface area contributed by atoms with Crippen molar-refractivity contribution in [1.29, 1.82) is 5.41 Å². The van der Waals surface area contributed by atoms with E-state index in [-0.39, 0.29) is 6.61 Å². The van der Waals surface area contributed by atoms with E-state index in [1.807, 2.05) is 0 Å². The van der Waals surface area contributed by atoms with E-state index in [0.717, 1.165) is 57.6 Å². The lowest BCUT2D eigenvalue weighted by Crippen LogP contribution is -2.41. The molecule has 2 saturated heterocycles. The fraction of sp³-hybridized carbons (Fsp3) is 0.450. The zero-order chi connectivity index (χ0) is 19.7. The Balaban J connectivity index is 1.60. The minimum Gasteiger partial charge on any atom is -0.398 e. The molecule has 2 fully saturated rings. The Hall–Kier alpha value is -2.22. The Morgan fingerprint density at radius 3 is 2.75 bits per heavy atom. The van der Waals surface area contributed by atoms with Crippen molar-refractivity contribution in [1.82, 2.24) is 9.97 Å². The van der Waals surface area contributed by atoms with Crippen molar-refractivity contribution in [2.45, 2.75) is 25.9 Å². The third-order valence-electron chi connectivity index (χ3n) is 5.89. The number of nitrogens with one attached hydrogen (secondary N) is 1. The molecule has 0 saturated carbocycles. The topological polar surface area (TPSA) is 108 Å². The third-order valence-corrected chi connectivity index (χ3v) is 6.20. The Labute approximate surface area is 169 Å². The predicted molar refractivity (Wildman–Crippen MR) is 110 cm³/mol. The van der Waals surface area contributed by atoms with Crippen LogP contribution >= 0.6 is 11.6 Å². The van der Waals surface area contributed by atoms with Crippen LogP contribution in [0.3, 0.4) is 0 Å². The van der Waals surface area contributed by atoms with Gasteiger partial charge in [-0.3, -0.25) is 0 Å². The first kappa shape index (κ1) is 19.1. The van der Waals surface area contributed by atoms with Crippen molar-refractivity contribution < 1.29 is 9.84 Å². The quantitative estimate of drug-likeness (QED) is 0.537. The Kier molecular flexibility index (Phi) is 5.23. The molecule has 0 radical (unpaired) electrons. The molecular weight excluding hydrogens is 378 g/mol. The smallest absolute Gasteiger partial charge is 0.152 e. The summed E-state index contributed by atoms with van der Waals surface area (Å²) in [6, 6.07) is 3.33. The van der Waals surface area contributed by atoms with Crippen molar-refractivity contribution in [2.24, 2.45) is 5.41 Å². The number of piperidine rings is 1. The van der Waals surface area contributed by atoms with Crippen LogP contribution in [0.5, 0.6) is 0 Å². The number of hydrogen-bond acceptors (Lipinski definition) is 7. The fourth-order valence-electron chi connectivity index (χ4n) is 4.08. The van der Waals surface area contributed by atoms with Gasteiger partial charge in [0.05, 0.1) is 30.1 Å². The molecule has 28 heavy (non-hydrogen) atoms. The highest BCUT2D eigenvalue weighted by atomic mass is 35.5. The van der Waals surface area contributed by atoms with E-state index in [1.54, 1.807) is 18.3 Å². The Morgan fingerprint density at radius 1 is 1.32 bits per heavy atom. The van der Waals surface area contributed by atoms with Crippen LogP contribution in [0.4, 0.5) is 11.5 Å². The monoisotopic (exact) mass is 401 g/mol. The van der Waals surface area contributed by atoms with Gasteiger partial charge in [-0.2, -0.15) is 0 Å². The van der Waals surface area contributed by atoms with Crippen molar-refractivity contribution >= 4 is 29.3 Å². The third kappa shape index (κ3) is 3.45. The number of ether oxygens (including phenoxy) is 1. The van der Waals surface area contributed by atoms with E-state index in [0.29, 0.717) is 38.6 Å². The summed E-state index contributed by atoms with van der Waals surface area (Å²) in [6.45, 7) is 3.27. The number of aliphatic hydroxyl groups excluding tert-OH is 1. The number of nitrogens with zero attached hydrogens (tertiary/aromatic N) is 3. The van der Waals surface area contributed by atoms with Gasteiger partial charge in [-0.05, 0) is 36.8 Å². The number of benzene rings is 1. The zero-order valence-corrected chi connectivity index (χ0v) is 16.4. The van der Waals surface area contributed by atoms with Crippen LogP contribution in [-0.4, -0.2) is 47.6 Å². The van der Waals surface area contributed by atoms with E-state index in [9.17, 15) is 5.11 Å². The molecule has 1 spiro atoms. The van der Waals surface area contributed by atoms with Crippen LogP contribution in [0.1, 0.15) is 30.5 Å². The average Bonchev–Trinajstić information content (AvgIpc) is 3.17. The number of nitrogens with two attached hydrogens (primary N) is 1. The molecular formula is C20H24ClN5O2. The molecule has 8 heteroatoms. The van der Waals surface area contributed by atoms with Crippen LogP contribution < -0.4 is 10.6 Å². The second-order valence-corrected chi connectivity index (χ2v) is 7.99. The average molecular weight is 402 g/mol. The molecule has 0 bridgehead atoms. The number of aromatic nitrogens is 2. The lowest BCUT2D eigenvalue weighted by atomic mass is 9.78. The minimum atomic E-state index is -0.202. The predicted octanol–water partition coefficient (Wildman–Crippen LogP) is 2.88. The van der Waals surface area contributed by atoms with E-state index < -0.39 is 0 Å². The van der Waals surface area contributed by atoms with E-state index in [2.05, 4.69) is 14.9 Å². The van der Waals surface area contributed by atoms with Gasteiger partial charge in [0.15, 0.2) is 5.82 Å². The molecule has 1 aromatic carbocycles. The standard InChI is InChI=1S/C20H24ClN5O2/c21-15-7-13(9-22)16(23)8-14(15)17-10-24-19(18(11-27)25-17)26-4-1-20(2-5-26)3-6-28-12-20/h7-10,22,27H,1-6,11-12,23H2. The molecule has 0 unspecified atom stereocenters. The van der Waals surface area contributed by atoms with E-state index in [4.69, 9.17) is 27.5 Å². The number of nitrogen functional groups attached to an aromatic ring is 1. The molecule has 148 valence electrons. The lowest BCUT2D eigenvalue weighted by molar-refractivity contribution is 0.133. The first-order valence-corrected chi connectivity index (χ1v) is 9.82. The summed E-state index contributed by atoms with van der Waals surface area (Å²) >= 11 is 6.36. The molecule has 3 heterocycles. The largest absolute Gasteiger partial charge is 0.398 e. The summed E-state index contributed by atoms with van der Waals surface area (Å²) in [7, 11) is 0. The van der Waals surface area contributed by atoms with Gasteiger partial charge < -0.3 is 25.9 Å². The van der Waals surface area contributed by atoms with Crippen LogP contribution in [-0.2, 0) is 11.3 Å². The SMILES string of the molecule is N=Cc1cc(Cl)c(-c2cnc(N3CCC4(CCOC4)CC3)c(CO)n2)cc1N. The van der Waals surface area contributed by atoms with Gasteiger partial charge in [-0.15, -0.1) is 0 Å². The van der Waals surface area contributed by atoms with Crippen LogP contribution in [0.25, 0.3) is 11.3 Å². The normalized spacial score (nSPS) is 18.6. The number of anilines is 2. The highest BCUT2D eigenvalue weighted by Gasteiger charge is 2.38. The van der Waals surface area contributed by atoms with Gasteiger partial charge in [0.2, 0.25) is 0 Å². The molecule has 4 rings (SSSR count). The highest BCUT2D eigenvalue weighted by Crippen LogP contribution is 2.40. The first-order valence-electron chi connectivity index (χ1n) is 9.44. The van der Waals surface area contributed by atoms with Gasteiger partial charge in [-0.25, -0.2) is 9.97 Å². The summed E-state index contributed by atoms with van der Waals surface area (Å²) in [5.74, 6) is 0.722. The van der Waals surface area contributed by atoms with Crippen LogP contribution in [0.15, 0.2) is 18.3 Å². The van der Waals surface area contributed by atoms with Gasteiger partial charge in [0, 0.05) is 42.7 Å². The number of rotatable bonds is 4. The first-order chi connectivity index (χ1) is 13.5. The van der Waals surface area contributed by atoms with Gasteiger partial charge in [0.25, 0.3) is 0 Å². The molecule has 0 aliphatic carbocycles. The number of hydrogen-bond donors (Lipinski definition) is 3. The minimum absolute atomic E-state index is 0.202. The summed E-state index contributed by atoms with van der Waals surface area (Å²) in [6.07, 6.45) is 6.09. The molecule has 0 atom stereocenters. The molecule has 2 aliphatic heterocycles. The maximum atomic E-state index is 9.89. The van der Waals surface area contributed by atoms with E-state index >= 15 is 0 Å². The molecule has 2 aliphatic rings. The van der Waals surface area contributed by atoms with Crippen molar-refractivity contribution in [3.8, 4) is 11.3 Å². The second kappa shape index (κ2) is 7.66. The molecule has 1 aromatic heterocycles. The fourth-order valence-corrected chi connectivity index (χ4v) is 4.35. The van der Waals surface area contributed by atoms with Gasteiger partial charge in [-0.1, -0.05) is 11.6 Å². The van der Waals surface area contributed by atoms with Crippen molar-refractivity contribution in [3.05, 3.63) is 34.6 Å². The molecule has 7 nitrogen and oxygen atoms in total. The maximum Gasteiger partial charge on any atom is 0.152 e. The summed E-state index contributed by atoms with van der Waals surface area (Å²) in [5.41, 5.74) is 9.02. The van der Waals surface area contributed by atoms with Gasteiger partial charge >= 0.3 is 0 Å².